The van der Waals surface area contributed by atoms with Crippen LogP contribution in [-0.2, 0) is 11.2 Å². The number of benzene rings is 1. The second kappa shape index (κ2) is 4.92. The second-order valence-electron chi connectivity index (χ2n) is 3.81. The molecule has 0 bridgehead atoms. The molecule has 0 aliphatic heterocycles. The molecule has 1 unspecified atom stereocenters. The SMILES string of the molecule is COCC(C)(O)Cc1c(F)cccc1Cl. The van der Waals surface area contributed by atoms with Crippen molar-refractivity contribution in [2.75, 3.05) is 13.7 Å². The van der Waals surface area contributed by atoms with Crippen LogP contribution in [0.25, 0.3) is 0 Å². The third kappa shape index (κ3) is 3.45. The lowest BCUT2D eigenvalue weighted by Gasteiger charge is -2.22. The summed E-state index contributed by atoms with van der Waals surface area (Å²) in [6.07, 6.45) is 0.131. The molecule has 1 aromatic carbocycles. The molecule has 0 fully saturated rings. The smallest absolute Gasteiger partial charge is 0.127 e. The van der Waals surface area contributed by atoms with Crippen molar-refractivity contribution in [1.29, 1.82) is 0 Å². The Morgan fingerprint density at radius 1 is 1.53 bits per heavy atom. The van der Waals surface area contributed by atoms with E-state index in [2.05, 4.69) is 0 Å². The van der Waals surface area contributed by atoms with Gasteiger partial charge in [-0.05, 0) is 19.1 Å². The molecule has 0 amide bonds. The fraction of sp³-hybridized carbons (Fsp3) is 0.455. The van der Waals surface area contributed by atoms with Gasteiger partial charge in [0.15, 0.2) is 0 Å². The lowest BCUT2D eigenvalue weighted by molar-refractivity contribution is -0.0166. The minimum atomic E-state index is -1.11. The predicted octanol–water partition coefficient (Wildman–Crippen LogP) is 2.42. The van der Waals surface area contributed by atoms with E-state index in [0.29, 0.717) is 10.6 Å². The lowest BCUT2D eigenvalue weighted by atomic mass is 9.97. The number of aliphatic hydroxyl groups is 1. The van der Waals surface area contributed by atoms with Gasteiger partial charge in [0.1, 0.15) is 5.82 Å². The van der Waals surface area contributed by atoms with Crippen molar-refractivity contribution in [3.8, 4) is 0 Å². The van der Waals surface area contributed by atoms with Gasteiger partial charge in [0.2, 0.25) is 0 Å². The van der Waals surface area contributed by atoms with Crippen LogP contribution in [0.3, 0.4) is 0 Å². The number of rotatable bonds is 4. The van der Waals surface area contributed by atoms with Gasteiger partial charge in [0.25, 0.3) is 0 Å². The molecule has 2 nitrogen and oxygen atoms in total. The van der Waals surface area contributed by atoms with Crippen LogP contribution in [0.4, 0.5) is 4.39 Å². The quantitative estimate of drug-likeness (QED) is 0.864. The van der Waals surface area contributed by atoms with Crippen LogP contribution in [-0.4, -0.2) is 24.4 Å². The first kappa shape index (κ1) is 12.4. The molecule has 0 aromatic heterocycles. The molecule has 0 spiro atoms. The second-order valence-corrected chi connectivity index (χ2v) is 4.21. The predicted molar refractivity (Wildman–Crippen MR) is 57.6 cm³/mol. The van der Waals surface area contributed by atoms with Crippen molar-refractivity contribution in [2.45, 2.75) is 18.9 Å². The van der Waals surface area contributed by atoms with Gasteiger partial charge in [-0.25, -0.2) is 4.39 Å². The van der Waals surface area contributed by atoms with Gasteiger partial charge in [-0.1, -0.05) is 17.7 Å². The lowest BCUT2D eigenvalue weighted by Crippen LogP contribution is -2.33. The van der Waals surface area contributed by atoms with Crippen LogP contribution in [0, 0.1) is 5.82 Å². The summed E-state index contributed by atoms with van der Waals surface area (Å²) in [4.78, 5) is 0. The number of halogens is 2. The van der Waals surface area contributed by atoms with Crippen molar-refractivity contribution < 1.29 is 14.2 Å². The molecule has 0 aliphatic carbocycles. The zero-order valence-corrected chi connectivity index (χ0v) is 9.51. The first-order valence-corrected chi connectivity index (χ1v) is 4.98. The molecule has 0 aliphatic rings. The van der Waals surface area contributed by atoms with E-state index in [1.165, 1.54) is 19.2 Å². The van der Waals surface area contributed by atoms with E-state index in [-0.39, 0.29) is 13.0 Å². The molecule has 1 atom stereocenters. The standard InChI is InChI=1S/C11H14ClFO2/c1-11(14,7-15-2)6-8-9(12)4-3-5-10(8)13/h3-5,14H,6-7H2,1-2H3. The molecule has 1 aromatic rings. The summed E-state index contributed by atoms with van der Waals surface area (Å²) in [6.45, 7) is 1.72. The van der Waals surface area contributed by atoms with Gasteiger partial charge >= 0.3 is 0 Å². The maximum absolute atomic E-state index is 13.4. The highest BCUT2D eigenvalue weighted by molar-refractivity contribution is 6.31. The molecule has 15 heavy (non-hydrogen) atoms. The zero-order chi connectivity index (χ0) is 11.5. The van der Waals surface area contributed by atoms with Crippen molar-refractivity contribution in [1.82, 2.24) is 0 Å². The number of ether oxygens (including phenoxy) is 1. The van der Waals surface area contributed by atoms with E-state index in [9.17, 15) is 9.50 Å². The van der Waals surface area contributed by atoms with Crippen LogP contribution in [0.2, 0.25) is 5.02 Å². The summed E-state index contributed by atoms with van der Waals surface area (Å²) >= 11 is 5.84. The van der Waals surface area contributed by atoms with Crippen molar-refractivity contribution in [2.24, 2.45) is 0 Å². The highest BCUT2D eigenvalue weighted by Crippen LogP contribution is 2.23. The maximum Gasteiger partial charge on any atom is 0.127 e. The Balaban J connectivity index is 2.89. The summed E-state index contributed by atoms with van der Waals surface area (Å²) in [7, 11) is 1.48. The van der Waals surface area contributed by atoms with E-state index < -0.39 is 11.4 Å². The first-order chi connectivity index (χ1) is 6.96. The molecule has 1 rings (SSSR count). The first-order valence-electron chi connectivity index (χ1n) is 4.60. The molecule has 84 valence electrons. The molecular formula is C11H14ClFO2. The molecular weight excluding hydrogens is 219 g/mol. The van der Waals surface area contributed by atoms with Crippen LogP contribution < -0.4 is 0 Å². The van der Waals surface area contributed by atoms with E-state index in [1.807, 2.05) is 0 Å². The summed E-state index contributed by atoms with van der Waals surface area (Å²) in [5.74, 6) is -0.404. The van der Waals surface area contributed by atoms with E-state index in [1.54, 1.807) is 13.0 Å². The Kier molecular flexibility index (Phi) is 4.08. The third-order valence-corrected chi connectivity index (χ3v) is 2.43. The van der Waals surface area contributed by atoms with Gasteiger partial charge in [0.05, 0.1) is 12.2 Å². The van der Waals surface area contributed by atoms with E-state index in [4.69, 9.17) is 16.3 Å². The minimum Gasteiger partial charge on any atom is -0.387 e. The molecule has 0 heterocycles. The van der Waals surface area contributed by atoms with Crippen LogP contribution in [0.1, 0.15) is 12.5 Å². The normalized spacial score (nSPS) is 15.0. The molecule has 1 N–H and O–H groups in total. The van der Waals surface area contributed by atoms with E-state index >= 15 is 0 Å². The Morgan fingerprint density at radius 2 is 2.20 bits per heavy atom. The van der Waals surface area contributed by atoms with Gasteiger partial charge in [-0.15, -0.1) is 0 Å². The molecule has 0 saturated carbocycles. The van der Waals surface area contributed by atoms with Gasteiger partial charge in [-0.2, -0.15) is 0 Å². The molecule has 4 heteroatoms. The van der Waals surface area contributed by atoms with Crippen LogP contribution in [0.15, 0.2) is 18.2 Å². The Morgan fingerprint density at radius 3 is 2.73 bits per heavy atom. The van der Waals surface area contributed by atoms with E-state index in [0.717, 1.165) is 0 Å². The van der Waals surface area contributed by atoms with Crippen molar-refractivity contribution in [3.05, 3.63) is 34.6 Å². The number of hydrogen-bond acceptors (Lipinski definition) is 2. The average molecular weight is 233 g/mol. The number of methoxy groups -OCH3 is 1. The largest absolute Gasteiger partial charge is 0.387 e. The van der Waals surface area contributed by atoms with Gasteiger partial charge in [-0.3, -0.25) is 0 Å². The van der Waals surface area contributed by atoms with Crippen molar-refractivity contribution >= 4 is 11.6 Å². The van der Waals surface area contributed by atoms with Gasteiger partial charge < -0.3 is 9.84 Å². The summed E-state index contributed by atoms with van der Waals surface area (Å²) in [5.41, 5.74) is -0.790. The topological polar surface area (TPSA) is 29.5 Å². The minimum absolute atomic E-state index is 0.131. The summed E-state index contributed by atoms with van der Waals surface area (Å²) < 4.78 is 18.2. The summed E-state index contributed by atoms with van der Waals surface area (Å²) in [6, 6.07) is 4.46. The summed E-state index contributed by atoms with van der Waals surface area (Å²) in [5, 5.41) is 10.2. The van der Waals surface area contributed by atoms with Crippen molar-refractivity contribution in [3.63, 3.8) is 0 Å². The number of hydrogen-bond donors (Lipinski definition) is 1. The highest BCUT2D eigenvalue weighted by atomic mass is 35.5. The maximum atomic E-state index is 13.4. The van der Waals surface area contributed by atoms with Crippen LogP contribution >= 0.6 is 11.6 Å². The average Bonchev–Trinajstić information content (AvgIpc) is 2.11. The molecule has 0 radical (unpaired) electrons. The zero-order valence-electron chi connectivity index (χ0n) is 8.76. The van der Waals surface area contributed by atoms with Gasteiger partial charge in [0, 0.05) is 24.1 Å². The molecule has 0 saturated heterocycles. The fourth-order valence-electron chi connectivity index (χ4n) is 1.44. The Labute approximate surface area is 93.6 Å². The fourth-order valence-corrected chi connectivity index (χ4v) is 1.67. The van der Waals surface area contributed by atoms with Crippen LogP contribution in [0.5, 0.6) is 0 Å². The monoisotopic (exact) mass is 232 g/mol. The third-order valence-electron chi connectivity index (χ3n) is 2.07. The Hall–Kier alpha value is -0.640. The Bertz CT molecular complexity index is 319. The highest BCUT2D eigenvalue weighted by Gasteiger charge is 2.23.